The van der Waals surface area contributed by atoms with Gasteiger partial charge in [-0.2, -0.15) is 0 Å². The van der Waals surface area contributed by atoms with Gasteiger partial charge in [0.05, 0.1) is 6.04 Å². The molecular formula is C16H32ClN3O. The van der Waals surface area contributed by atoms with Crippen molar-refractivity contribution in [2.45, 2.75) is 58.5 Å². The molecule has 2 N–H and O–H groups in total. The summed E-state index contributed by atoms with van der Waals surface area (Å²) in [4.78, 5) is 14.7. The molecule has 0 aromatic rings. The highest BCUT2D eigenvalue weighted by molar-refractivity contribution is 5.85. The van der Waals surface area contributed by atoms with E-state index in [4.69, 9.17) is 0 Å². The van der Waals surface area contributed by atoms with Gasteiger partial charge in [-0.3, -0.25) is 9.69 Å². The average molecular weight is 318 g/mol. The number of hydrogen-bond donors (Lipinski definition) is 2. The molecule has 0 aromatic heterocycles. The lowest BCUT2D eigenvalue weighted by molar-refractivity contribution is -0.123. The first-order chi connectivity index (χ1) is 9.38. The van der Waals surface area contributed by atoms with Crippen LogP contribution in [-0.4, -0.2) is 48.6 Å². The maximum atomic E-state index is 12.1. The van der Waals surface area contributed by atoms with Crippen molar-refractivity contribution < 1.29 is 4.79 Å². The summed E-state index contributed by atoms with van der Waals surface area (Å²) in [7, 11) is 0. The highest BCUT2D eigenvalue weighted by Crippen LogP contribution is 2.26. The molecule has 124 valence electrons. The molecule has 2 aliphatic rings. The van der Waals surface area contributed by atoms with Gasteiger partial charge >= 0.3 is 0 Å². The predicted molar refractivity (Wildman–Crippen MR) is 89.9 cm³/mol. The van der Waals surface area contributed by atoms with Crippen LogP contribution >= 0.6 is 12.4 Å². The number of nitrogens with zero attached hydrogens (tertiary/aromatic N) is 1. The Morgan fingerprint density at radius 1 is 1.29 bits per heavy atom. The smallest absolute Gasteiger partial charge is 0.237 e. The second kappa shape index (κ2) is 7.80. The SMILES string of the molecule is CC1CC(C)CN(C(C)(C)CNC(=O)[C@@H]2CCCN2)C1.Cl. The van der Waals surface area contributed by atoms with E-state index in [-0.39, 0.29) is 29.9 Å². The zero-order valence-corrected chi connectivity index (χ0v) is 14.8. The number of halogens is 1. The van der Waals surface area contributed by atoms with Crippen LogP contribution in [0, 0.1) is 11.8 Å². The van der Waals surface area contributed by atoms with Crippen molar-refractivity contribution in [2.24, 2.45) is 11.8 Å². The molecule has 2 saturated heterocycles. The number of likely N-dealkylation sites (tertiary alicyclic amines) is 1. The van der Waals surface area contributed by atoms with Crippen LogP contribution in [-0.2, 0) is 4.79 Å². The van der Waals surface area contributed by atoms with Gasteiger partial charge in [-0.1, -0.05) is 13.8 Å². The number of carbonyl (C=O) groups excluding carboxylic acids is 1. The fraction of sp³-hybridized carbons (Fsp3) is 0.938. The van der Waals surface area contributed by atoms with E-state index in [1.807, 2.05) is 0 Å². The lowest BCUT2D eigenvalue weighted by Crippen LogP contribution is -2.57. The Kier molecular flexibility index (Phi) is 6.95. The second-order valence-electron chi connectivity index (χ2n) is 7.53. The quantitative estimate of drug-likeness (QED) is 0.834. The third-order valence-electron chi connectivity index (χ3n) is 4.80. The van der Waals surface area contributed by atoms with Gasteiger partial charge in [-0.25, -0.2) is 0 Å². The van der Waals surface area contributed by atoms with Crippen LogP contribution in [0.2, 0.25) is 0 Å². The second-order valence-corrected chi connectivity index (χ2v) is 7.53. The summed E-state index contributed by atoms with van der Waals surface area (Å²) in [6, 6.07) is 0.0324. The standard InChI is InChI=1S/C16H31N3O.ClH/c1-12-8-13(2)10-19(9-12)16(3,4)11-18-15(20)14-6-5-7-17-14;/h12-14,17H,5-11H2,1-4H3,(H,18,20);1H/t12?,13?,14-;/m0./s1. The minimum atomic E-state index is 0. The lowest BCUT2D eigenvalue weighted by atomic mass is 9.88. The number of rotatable bonds is 4. The summed E-state index contributed by atoms with van der Waals surface area (Å²) in [6.07, 6.45) is 3.41. The third-order valence-corrected chi connectivity index (χ3v) is 4.80. The zero-order valence-electron chi connectivity index (χ0n) is 13.9. The van der Waals surface area contributed by atoms with E-state index in [0.29, 0.717) is 0 Å². The van der Waals surface area contributed by atoms with E-state index in [2.05, 4.69) is 43.2 Å². The molecule has 0 radical (unpaired) electrons. The topological polar surface area (TPSA) is 44.4 Å². The van der Waals surface area contributed by atoms with Crippen LogP contribution < -0.4 is 10.6 Å². The maximum Gasteiger partial charge on any atom is 0.237 e. The molecule has 2 aliphatic heterocycles. The first-order valence-corrected chi connectivity index (χ1v) is 8.14. The van der Waals surface area contributed by atoms with Crippen LogP contribution in [0.25, 0.3) is 0 Å². The van der Waals surface area contributed by atoms with E-state index in [1.54, 1.807) is 0 Å². The molecule has 0 aromatic carbocycles. The Bertz CT molecular complexity index is 332. The number of carbonyl (C=O) groups is 1. The molecule has 4 nitrogen and oxygen atoms in total. The van der Waals surface area contributed by atoms with Gasteiger partial charge in [0, 0.05) is 25.2 Å². The zero-order chi connectivity index (χ0) is 14.8. The summed E-state index contributed by atoms with van der Waals surface area (Å²) < 4.78 is 0. The molecule has 2 fully saturated rings. The van der Waals surface area contributed by atoms with Crippen molar-refractivity contribution >= 4 is 18.3 Å². The van der Waals surface area contributed by atoms with E-state index in [9.17, 15) is 4.79 Å². The van der Waals surface area contributed by atoms with Crippen LogP contribution in [0.1, 0.15) is 47.0 Å². The Balaban J connectivity index is 0.00000220. The van der Waals surface area contributed by atoms with Gasteiger partial charge in [0.15, 0.2) is 0 Å². The number of nitrogens with one attached hydrogen (secondary N) is 2. The van der Waals surface area contributed by atoms with Crippen molar-refractivity contribution in [3.63, 3.8) is 0 Å². The number of piperidine rings is 1. The first kappa shape index (κ1) is 18.7. The molecule has 3 atom stereocenters. The van der Waals surface area contributed by atoms with Crippen LogP contribution in [0.5, 0.6) is 0 Å². The lowest BCUT2D eigenvalue weighted by Gasteiger charge is -2.45. The van der Waals surface area contributed by atoms with Gasteiger partial charge in [-0.05, 0) is 51.5 Å². The van der Waals surface area contributed by atoms with E-state index >= 15 is 0 Å². The molecule has 1 amide bonds. The van der Waals surface area contributed by atoms with Crippen molar-refractivity contribution in [3.05, 3.63) is 0 Å². The highest BCUT2D eigenvalue weighted by Gasteiger charge is 2.33. The molecule has 0 spiro atoms. The van der Waals surface area contributed by atoms with Crippen LogP contribution in [0.3, 0.4) is 0 Å². The van der Waals surface area contributed by atoms with Crippen LogP contribution in [0.4, 0.5) is 0 Å². The fourth-order valence-corrected chi connectivity index (χ4v) is 3.60. The van der Waals surface area contributed by atoms with E-state index in [0.717, 1.165) is 50.9 Å². The Morgan fingerprint density at radius 2 is 1.90 bits per heavy atom. The van der Waals surface area contributed by atoms with Gasteiger partial charge in [-0.15, -0.1) is 12.4 Å². The van der Waals surface area contributed by atoms with Crippen LogP contribution in [0.15, 0.2) is 0 Å². The molecular weight excluding hydrogens is 286 g/mol. The Hall–Kier alpha value is -0.320. The van der Waals surface area contributed by atoms with Gasteiger partial charge < -0.3 is 10.6 Å². The van der Waals surface area contributed by atoms with E-state index in [1.165, 1.54) is 6.42 Å². The normalized spacial score (nSPS) is 30.8. The van der Waals surface area contributed by atoms with E-state index < -0.39 is 0 Å². The van der Waals surface area contributed by atoms with Crippen molar-refractivity contribution in [1.82, 2.24) is 15.5 Å². The van der Waals surface area contributed by atoms with Crippen molar-refractivity contribution in [3.8, 4) is 0 Å². The third kappa shape index (κ3) is 5.11. The molecule has 5 heteroatoms. The molecule has 21 heavy (non-hydrogen) atoms. The Labute approximate surface area is 135 Å². The molecule has 2 unspecified atom stereocenters. The minimum Gasteiger partial charge on any atom is -0.353 e. The van der Waals surface area contributed by atoms with Gasteiger partial charge in [0.2, 0.25) is 5.91 Å². The largest absolute Gasteiger partial charge is 0.353 e. The summed E-state index contributed by atoms with van der Waals surface area (Å²) >= 11 is 0. The minimum absolute atomic E-state index is 0. The summed E-state index contributed by atoms with van der Waals surface area (Å²) in [5, 5.41) is 6.41. The number of hydrogen-bond acceptors (Lipinski definition) is 3. The fourth-order valence-electron chi connectivity index (χ4n) is 3.60. The first-order valence-electron chi connectivity index (χ1n) is 8.14. The van der Waals surface area contributed by atoms with Gasteiger partial charge in [0.1, 0.15) is 0 Å². The molecule has 0 bridgehead atoms. The predicted octanol–water partition coefficient (Wildman–Crippen LogP) is 2.03. The van der Waals surface area contributed by atoms with Crippen molar-refractivity contribution in [1.29, 1.82) is 0 Å². The molecule has 2 heterocycles. The molecule has 0 aliphatic carbocycles. The average Bonchev–Trinajstić information content (AvgIpc) is 2.88. The maximum absolute atomic E-state index is 12.1. The molecule has 2 rings (SSSR count). The monoisotopic (exact) mass is 317 g/mol. The Morgan fingerprint density at radius 3 is 2.43 bits per heavy atom. The summed E-state index contributed by atoms with van der Waals surface area (Å²) in [5.41, 5.74) is 0.0389. The van der Waals surface area contributed by atoms with Gasteiger partial charge in [0.25, 0.3) is 0 Å². The molecule has 0 saturated carbocycles. The number of amides is 1. The summed E-state index contributed by atoms with van der Waals surface area (Å²) in [6.45, 7) is 13.2. The summed E-state index contributed by atoms with van der Waals surface area (Å²) in [5.74, 6) is 1.68. The highest BCUT2D eigenvalue weighted by atomic mass is 35.5. The van der Waals surface area contributed by atoms with Crippen molar-refractivity contribution in [2.75, 3.05) is 26.2 Å².